The number of alkyl halides is 3. The second-order valence-electron chi connectivity index (χ2n) is 9.36. The third-order valence-corrected chi connectivity index (χ3v) is 7.58. The molecule has 0 bridgehead atoms. The van der Waals surface area contributed by atoms with Crippen molar-refractivity contribution in [2.24, 2.45) is 5.92 Å². The fourth-order valence-electron chi connectivity index (χ4n) is 4.73. The zero-order valence-corrected chi connectivity index (χ0v) is 21.4. The molecule has 3 atom stereocenters. The van der Waals surface area contributed by atoms with Gasteiger partial charge in [-0.2, -0.15) is 13.2 Å². The molecule has 35 heavy (non-hydrogen) atoms. The molecular formula is C27H34F3NO3S. The molecule has 0 N–H and O–H groups in total. The average molecular weight is 510 g/mol. The summed E-state index contributed by atoms with van der Waals surface area (Å²) in [6.07, 6.45) is 0.887. The number of carbonyl (C=O) groups excluding carboxylic acids is 1. The number of fused-ring (bicyclic) bond motifs is 1. The van der Waals surface area contributed by atoms with Gasteiger partial charge in [0.2, 0.25) is 5.91 Å². The summed E-state index contributed by atoms with van der Waals surface area (Å²) in [7, 11) is -2.26. The van der Waals surface area contributed by atoms with Gasteiger partial charge in [0, 0.05) is 25.0 Å². The largest absolute Gasteiger partial charge is 0.457 e. The van der Waals surface area contributed by atoms with Crippen LogP contribution in [0.25, 0.3) is 0 Å². The SMILES string of the molecule is C=S(C)(=O)CCC(=O)N1CCc2ccc(Oc3ccc(C(F)(F)F)cc3)cc2C1[C@@H](CC)CCC. The lowest BCUT2D eigenvalue weighted by molar-refractivity contribution is -0.137. The third kappa shape index (κ3) is 7.03. The maximum absolute atomic E-state index is 13.2. The smallest absolute Gasteiger partial charge is 0.416 e. The van der Waals surface area contributed by atoms with Gasteiger partial charge in [0.05, 0.1) is 11.6 Å². The molecule has 2 aromatic carbocycles. The highest BCUT2D eigenvalue weighted by atomic mass is 32.2. The maximum atomic E-state index is 13.2. The highest BCUT2D eigenvalue weighted by Gasteiger charge is 2.35. The number of nitrogens with zero attached hydrogens (tertiary/aromatic N) is 1. The van der Waals surface area contributed by atoms with E-state index in [9.17, 15) is 22.2 Å². The second-order valence-corrected chi connectivity index (χ2v) is 12.1. The number of ether oxygens (including phenoxy) is 1. The van der Waals surface area contributed by atoms with E-state index in [1.54, 1.807) is 6.26 Å². The van der Waals surface area contributed by atoms with E-state index in [2.05, 4.69) is 19.7 Å². The highest BCUT2D eigenvalue weighted by molar-refractivity contribution is 7.99. The van der Waals surface area contributed by atoms with Crippen molar-refractivity contribution < 1.29 is 26.9 Å². The van der Waals surface area contributed by atoms with E-state index in [0.29, 0.717) is 24.5 Å². The summed E-state index contributed by atoms with van der Waals surface area (Å²) in [5, 5.41) is 0. The molecular weight excluding hydrogens is 475 g/mol. The van der Waals surface area contributed by atoms with Crippen LogP contribution in [0.15, 0.2) is 42.5 Å². The Labute approximate surface area is 206 Å². The molecule has 0 aliphatic carbocycles. The lowest BCUT2D eigenvalue weighted by Crippen LogP contribution is -2.43. The van der Waals surface area contributed by atoms with Crippen molar-refractivity contribution in [1.29, 1.82) is 0 Å². The van der Waals surface area contributed by atoms with Crippen LogP contribution in [0.4, 0.5) is 13.2 Å². The Morgan fingerprint density at radius 3 is 2.40 bits per heavy atom. The second kappa shape index (κ2) is 11.1. The molecule has 1 aliphatic rings. The predicted octanol–water partition coefficient (Wildman–Crippen LogP) is 6.49. The van der Waals surface area contributed by atoms with Gasteiger partial charge in [0.15, 0.2) is 0 Å². The molecule has 0 radical (unpaired) electrons. The number of carbonyl (C=O) groups is 1. The first kappa shape index (κ1) is 27.1. The van der Waals surface area contributed by atoms with Gasteiger partial charge in [-0.25, -0.2) is 0 Å². The van der Waals surface area contributed by atoms with Crippen LogP contribution in [-0.4, -0.2) is 39.4 Å². The van der Waals surface area contributed by atoms with Gasteiger partial charge in [-0.05, 0) is 81.7 Å². The first-order chi connectivity index (χ1) is 16.4. The Kier molecular flexibility index (Phi) is 8.57. The van der Waals surface area contributed by atoms with Gasteiger partial charge < -0.3 is 9.64 Å². The van der Waals surface area contributed by atoms with Crippen molar-refractivity contribution in [2.45, 2.75) is 58.2 Å². The summed E-state index contributed by atoms with van der Waals surface area (Å²) >= 11 is 0. The van der Waals surface area contributed by atoms with Crippen LogP contribution in [0.1, 0.15) is 62.3 Å². The van der Waals surface area contributed by atoms with Crippen molar-refractivity contribution in [3.63, 3.8) is 0 Å². The molecule has 0 saturated heterocycles. The van der Waals surface area contributed by atoms with E-state index in [1.807, 2.05) is 23.1 Å². The molecule has 0 spiro atoms. The van der Waals surface area contributed by atoms with Crippen LogP contribution in [0, 0.1) is 5.92 Å². The van der Waals surface area contributed by atoms with Crippen molar-refractivity contribution in [3.8, 4) is 11.5 Å². The molecule has 1 aliphatic heterocycles. The van der Waals surface area contributed by atoms with Crippen molar-refractivity contribution in [2.75, 3.05) is 18.6 Å². The van der Waals surface area contributed by atoms with E-state index >= 15 is 0 Å². The minimum absolute atomic E-state index is 0.0255. The molecule has 1 heterocycles. The van der Waals surface area contributed by atoms with E-state index in [1.165, 1.54) is 12.1 Å². The van der Waals surface area contributed by atoms with Gasteiger partial charge in [0.25, 0.3) is 0 Å². The van der Waals surface area contributed by atoms with E-state index in [-0.39, 0.29) is 30.0 Å². The Morgan fingerprint density at radius 1 is 1.17 bits per heavy atom. The van der Waals surface area contributed by atoms with Crippen LogP contribution < -0.4 is 4.74 Å². The summed E-state index contributed by atoms with van der Waals surface area (Å²) in [5.74, 6) is 4.97. The monoisotopic (exact) mass is 509 g/mol. The Balaban J connectivity index is 1.92. The molecule has 4 nitrogen and oxygen atoms in total. The molecule has 2 unspecified atom stereocenters. The summed E-state index contributed by atoms with van der Waals surface area (Å²) < 4.78 is 56.6. The van der Waals surface area contributed by atoms with Crippen LogP contribution in [0.5, 0.6) is 11.5 Å². The predicted molar refractivity (Wildman–Crippen MR) is 135 cm³/mol. The van der Waals surface area contributed by atoms with Gasteiger partial charge in [-0.1, -0.05) is 32.8 Å². The van der Waals surface area contributed by atoms with E-state index in [0.717, 1.165) is 42.5 Å². The van der Waals surface area contributed by atoms with E-state index < -0.39 is 21.3 Å². The topological polar surface area (TPSA) is 46.6 Å². The minimum Gasteiger partial charge on any atom is -0.457 e. The molecule has 3 rings (SSSR count). The molecule has 8 heteroatoms. The number of hydrogen-bond donors (Lipinski definition) is 0. The van der Waals surface area contributed by atoms with Gasteiger partial charge in [-0.15, -0.1) is 0 Å². The van der Waals surface area contributed by atoms with E-state index in [4.69, 9.17) is 4.74 Å². The molecule has 0 fully saturated rings. The van der Waals surface area contributed by atoms with Gasteiger partial charge in [0.1, 0.15) is 11.5 Å². The number of halogens is 3. The molecule has 1 amide bonds. The number of benzene rings is 2. The molecule has 2 aromatic rings. The minimum atomic E-state index is -4.40. The number of rotatable bonds is 9. The summed E-state index contributed by atoms with van der Waals surface area (Å²) in [5.41, 5.74) is 1.43. The summed E-state index contributed by atoms with van der Waals surface area (Å²) in [4.78, 5) is 15.1. The third-order valence-electron chi connectivity index (χ3n) is 6.51. The average Bonchev–Trinajstić information content (AvgIpc) is 2.79. The van der Waals surface area contributed by atoms with Crippen molar-refractivity contribution in [3.05, 3.63) is 59.2 Å². The van der Waals surface area contributed by atoms with Gasteiger partial charge in [-0.3, -0.25) is 9.00 Å². The normalized spacial score (nSPS) is 18.5. The zero-order valence-electron chi connectivity index (χ0n) is 20.6. The molecule has 192 valence electrons. The van der Waals surface area contributed by atoms with Crippen LogP contribution >= 0.6 is 0 Å². The molecule has 0 saturated carbocycles. The highest BCUT2D eigenvalue weighted by Crippen LogP contribution is 2.41. The fraction of sp³-hybridized carbons (Fsp3) is 0.481. The van der Waals surface area contributed by atoms with Crippen LogP contribution in [0.3, 0.4) is 0 Å². The van der Waals surface area contributed by atoms with Crippen molar-refractivity contribution in [1.82, 2.24) is 4.90 Å². The van der Waals surface area contributed by atoms with Gasteiger partial charge >= 0.3 is 6.18 Å². The fourth-order valence-corrected chi connectivity index (χ4v) is 5.33. The quantitative estimate of drug-likeness (QED) is 0.363. The number of hydrogen-bond acceptors (Lipinski definition) is 3. The number of amides is 1. The Morgan fingerprint density at radius 2 is 1.83 bits per heavy atom. The van der Waals surface area contributed by atoms with Crippen LogP contribution in [-0.2, 0) is 26.9 Å². The zero-order chi connectivity index (χ0) is 25.8. The summed E-state index contributed by atoms with van der Waals surface area (Å²) in [6.45, 7) is 4.84. The first-order valence-corrected chi connectivity index (χ1v) is 14.3. The Hall–Kier alpha value is -2.48. The lowest BCUT2D eigenvalue weighted by Gasteiger charge is -2.42. The maximum Gasteiger partial charge on any atom is 0.416 e. The summed E-state index contributed by atoms with van der Waals surface area (Å²) in [6, 6.07) is 10.2. The Bertz CT molecular complexity index is 1130. The van der Waals surface area contributed by atoms with Crippen molar-refractivity contribution >= 4 is 21.3 Å². The lowest BCUT2D eigenvalue weighted by atomic mass is 9.81. The first-order valence-electron chi connectivity index (χ1n) is 12.0. The van der Waals surface area contributed by atoms with Crippen LogP contribution in [0.2, 0.25) is 0 Å². The molecule has 0 aromatic heterocycles. The standard InChI is InChI=1S/C27H34F3NO3S/c1-5-7-19(6-2)26-24-18-23(34-22-12-9-21(10-13-22)27(28,29)30)11-8-20(24)14-16-31(26)25(32)15-17-35(3,4)33/h8-13,18-19,26H,3,5-7,14-17H2,1-2,4H3/t19-,26?,35?/m0/s1.